The zero-order chi connectivity index (χ0) is 15.4. The summed E-state index contributed by atoms with van der Waals surface area (Å²) in [5.74, 6) is -0.573. The maximum absolute atomic E-state index is 11.9. The van der Waals surface area contributed by atoms with Gasteiger partial charge in [-0.2, -0.15) is 8.42 Å². The molecular formula is C12H16ClNO5S. The lowest BCUT2D eigenvalue weighted by Gasteiger charge is -2.25. The normalized spacial score (nSPS) is 12.0. The molecule has 8 heteroatoms. The highest BCUT2D eigenvalue weighted by atomic mass is 35.5. The molecule has 20 heavy (non-hydrogen) atoms. The summed E-state index contributed by atoms with van der Waals surface area (Å²) in [6.45, 7) is 2.90. The molecule has 1 amide bonds. The van der Waals surface area contributed by atoms with Gasteiger partial charge in [0.05, 0.1) is 5.75 Å². The fraction of sp³-hybridized carbons (Fsp3) is 0.417. The van der Waals surface area contributed by atoms with Crippen molar-refractivity contribution in [3.05, 3.63) is 29.3 Å². The lowest BCUT2D eigenvalue weighted by atomic mass is 10.1. The van der Waals surface area contributed by atoms with Gasteiger partial charge in [0.25, 0.3) is 16.0 Å². The summed E-state index contributed by atoms with van der Waals surface area (Å²) in [6, 6.07) is 6.50. The number of rotatable bonds is 6. The molecule has 1 rings (SSSR count). The number of carbonyl (C=O) groups is 1. The fourth-order valence-corrected chi connectivity index (χ4v) is 1.84. The Bertz CT molecular complexity index is 568. The van der Waals surface area contributed by atoms with E-state index in [0.29, 0.717) is 10.8 Å². The highest BCUT2D eigenvalue weighted by Gasteiger charge is 2.29. The summed E-state index contributed by atoms with van der Waals surface area (Å²) in [5.41, 5.74) is -1.19. The Hall–Kier alpha value is -1.31. The molecule has 0 spiro atoms. The van der Waals surface area contributed by atoms with E-state index in [-0.39, 0.29) is 6.54 Å². The molecule has 1 aromatic rings. The Balaban J connectivity index is 2.58. The van der Waals surface area contributed by atoms with Crippen molar-refractivity contribution in [1.82, 2.24) is 5.32 Å². The van der Waals surface area contributed by atoms with Gasteiger partial charge in [-0.15, -0.1) is 0 Å². The van der Waals surface area contributed by atoms with Crippen molar-refractivity contribution in [3.8, 4) is 5.75 Å². The quantitative estimate of drug-likeness (QED) is 0.775. The van der Waals surface area contributed by atoms with E-state index in [0.717, 1.165) is 0 Å². The molecule has 0 aliphatic rings. The van der Waals surface area contributed by atoms with Crippen LogP contribution < -0.4 is 10.1 Å². The topological polar surface area (TPSA) is 92.7 Å². The highest BCUT2D eigenvalue weighted by molar-refractivity contribution is 7.85. The first-order valence-corrected chi connectivity index (χ1v) is 7.77. The lowest BCUT2D eigenvalue weighted by molar-refractivity contribution is -0.134. The third kappa shape index (κ3) is 5.77. The minimum Gasteiger partial charge on any atom is -0.478 e. The number of benzene rings is 1. The Kier molecular flexibility index (Phi) is 5.38. The molecule has 0 saturated carbocycles. The van der Waals surface area contributed by atoms with E-state index < -0.39 is 27.4 Å². The maximum Gasteiger partial charge on any atom is 0.266 e. The van der Waals surface area contributed by atoms with Crippen LogP contribution in [0.15, 0.2) is 24.3 Å². The number of hydrogen-bond acceptors (Lipinski definition) is 4. The average Bonchev–Trinajstić information content (AvgIpc) is 2.30. The zero-order valence-corrected chi connectivity index (χ0v) is 12.7. The lowest BCUT2D eigenvalue weighted by Crippen LogP contribution is -2.47. The van der Waals surface area contributed by atoms with E-state index >= 15 is 0 Å². The summed E-state index contributed by atoms with van der Waals surface area (Å²) >= 11 is 5.74. The van der Waals surface area contributed by atoms with Gasteiger partial charge < -0.3 is 10.1 Å². The van der Waals surface area contributed by atoms with Crippen LogP contribution in [0.5, 0.6) is 5.75 Å². The van der Waals surface area contributed by atoms with E-state index in [1.54, 1.807) is 38.1 Å². The van der Waals surface area contributed by atoms with Gasteiger partial charge in [0, 0.05) is 11.6 Å². The monoisotopic (exact) mass is 321 g/mol. The first-order valence-electron chi connectivity index (χ1n) is 5.78. The van der Waals surface area contributed by atoms with Gasteiger partial charge in [0.1, 0.15) is 5.75 Å². The molecule has 0 atom stereocenters. The molecule has 0 aliphatic carbocycles. The van der Waals surface area contributed by atoms with Gasteiger partial charge in [0.15, 0.2) is 5.60 Å². The van der Waals surface area contributed by atoms with Gasteiger partial charge in [-0.3, -0.25) is 9.35 Å². The Morgan fingerprint density at radius 2 is 1.90 bits per heavy atom. The summed E-state index contributed by atoms with van der Waals surface area (Å²) in [6.07, 6.45) is 0. The zero-order valence-electron chi connectivity index (χ0n) is 11.1. The van der Waals surface area contributed by atoms with Crippen LogP contribution in [-0.2, 0) is 14.9 Å². The third-order valence-corrected chi connectivity index (χ3v) is 3.35. The molecule has 2 N–H and O–H groups in total. The van der Waals surface area contributed by atoms with Crippen LogP contribution in [0.2, 0.25) is 5.02 Å². The molecule has 0 radical (unpaired) electrons. The smallest absolute Gasteiger partial charge is 0.266 e. The van der Waals surface area contributed by atoms with Crippen molar-refractivity contribution < 1.29 is 22.5 Å². The van der Waals surface area contributed by atoms with Crippen molar-refractivity contribution in [3.63, 3.8) is 0 Å². The summed E-state index contributed by atoms with van der Waals surface area (Å²) < 4.78 is 35.2. The molecule has 0 fully saturated rings. The molecule has 112 valence electrons. The van der Waals surface area contributed by atoms with E-state index in [1.165, 1.54) is 0 Å². The summed E-state index contributed by atoms with van der Waals surface area (Å²) in [5, 5.41) is 2.93. The number of carbonyl (C=O) groups excluding carboxylic acids is 1. The standard InChI is InChI=1S/C12H16ClNO5S/c1-12(2,11(15)14-7-8-20(16,17)18)19-10-5-3-9(13)4-6-10/h3-6H,7-8H2,1-2H3,(H,14,15)(H,16,17,18). The van der Waals surface area contributed by atoms with E-state index in [2.05, 4.69) is 5.32 Å². The number of amides is 1. The molecular weight excluding hydrogens is 306 g/mol. The second-order valence-electron chi connectivity index (χ2n) is 4.61. The van der Waals surface area contributed by atoms with Crippen LogP contribution >= 0.6 is 11.6 Å². The van der Waals surface area contributed by atoms with Crippen molar-refractivity contribution in [2.45, 2.75) is 19.4 Å². The van der Waals surface area contributed by atoms with E-state index in [4.69, 9.17) is 20.9 Å². The number of hydrogen-bond donors (Lipinski definition) is 2. The second-order valence-corrected chi connectivity index (χ2v) is 6.62. The van der Waals surface area contributed by atoms with Gasteiger partial charge in [-0.25, -0.2) is 0 Å². The molecule has 0 aliphatic heterocycles. The van der Waals surface area contributed by atoms with Gasteiger partial charge in [0.2, 0.25) is 0 Å². The van der Waals surface area contributed by atoms with Crippen molar-refractivity contribution in [2.75, 3.05) is 12.3 Å². The molecule has 0 saturated heterocycles. The largest absolute Gasteiger partial charge is 0.478 e. The molecule has 1 aromatic carbocycles. The number of halogens is 1. The highest BCUT2D eigenvalue weighted by Crippen LogP contribution is 2.20. The minimum atomic E-state index is -4.10. The first-order chi connectivity index (χ1) is 9.10. The summed E-state index contributed by atoms with van der Waals surface area (Å²) in [7, 11) is -4.10. The van der Waals surface area contributed by atoms with Gasteiger partial charge in [-0.1, -0.05) is 11.6 Å². The molecule has 0 bridgehead atoms. The van der Waals surface area contributed by atoms with Crippen LogP contribution in [-0.4, -0.2) is 36.8 Å². The Morgan fingerprint density at radius 1 is 1.35 bits per heavy atom. The average molecular weight is 322 g/mol. The van der Waals surface area contributed by atoms with Crippen LogP contribution in [0.25, 0.3) is 0 Å². The van der Waals surface area contributed by atoms with Crippen LogP contribution in [0, 0.1) is 0 Å². The number of nitrogens with one attached hydrogen (secondary N) is 1. The van der Waals surface area contributed by atoms with Gasteiger partial charge in [-0.05, 0) is 38.1 Å². The van der Waals surface area contributed by atoms with Crippen molar-refractivity contribution in [2.24, 2.45) is 0 Å². The minimum absolute atomic E-state index is 0.189. The maximum atomic E-state index is 11.9. The van der Waals surface area contributed by atoms with E-state index in [1.807, 2.05) is 0 Å². The molecule has 0 heterocycles. The van der Waals surface area contributed by atoms with Crippen LogP contribution in [0.4, 0.5) is 0 Å². The predicted molar refractivity (Wildman–Crippen MR) is 75.6 cm³/mol. The van der Waals surface area contributed by atoms with E-state index in [9.17, 15) is 13.2 Å². The predicted octanol–water partition coefficient (Wildman–Crippen LogP) is 1.50. The van der Waals surface area contributed by atoms with Crippen LogP contribution in [0.3, 0.4) is 0 Å². The van der Waals surface area contributed by atoms with Gasteiger partial charge >= 0.3 is 0 Å². The number of ether oxygens (including phenoxy) is 1. The molecule has 0 unspecified atom stereocenters. The fourth-order valence-electron chi connectivity index (χ4n) is 1.35. The Morgan fingerprint density at radius 3 is 2.40 bits per heavy atom. The van der Waals surface area contributed by atoms with Crippen molar-refractivity contribution in [1.29, 1.82) is 0 Å². The Labute approximate surface area is 122 Å². The van der Waals surface area contributed by atoms with Crippen LogP contribution in [0.1, 0.15) is 13.8 Å². The SMILES string of the molecule is CC(C)(Oc1ccc(Cl)cc1)C(=O)NCCS(=O)(=O)O. The van der Waals surface area contributed by atoms with Crippen molar-refractivity contribution >= 4 is 27.6 Å². The third-order valence-electron chi connectivity index (χ3n) is 2.38. The molecule has 0 aromatic heterocycles. The molecule has 6 nitrogen and oxygen atoms in total. The first kappa shape index (κ1) is 16.7. The summed E-state index contributed by atoms with van der Waals surface area (Å²) in [4.78, 5) is 11.9. The second kappa shape index (κ2) is 6.43.